The largest absolute Gasteiger partial charge is 0.399 e. The Labute approximate surface area is 101 Å². The predicted molar refractivity (Wildman–Crippen MR) is 70.0 cm³/mol. The number of hydrogen-bond donors (Lipinski definition) is 1. The van der Waals surface area contributed by atoms with Crippen LogP contribution in [0.3, 0.4) is 0 Å². The average Bonchev–Trinajstić information content (AvgIpc) is 2.80. The van der Waals surface area contributed by atoms with Crippen molar-refractivity contribution in [2.75, 3.05) is 25.9 Å². The Kier molecular flexibility index (Phi) is 2.33. The highest BCUT2D eigenvalue weighted by atomic mass is 15.2. The standard InChI is InChI=1S/C13H18N4/c1-9-15-12-7-10(14)3-4-13(12)17(9)11-5-6-16(2)8-11/h3-4,7,11H,5-6,8,14H2,1-2H3. The molecule has 1 saturated heterocycles. The summed E-state index contributed by atoms with van der Waals surface area (Å²) in [4.78, 5) is 6.98. The van der Waals surface area contributed by atoms with Crippen molar-refractivity contribution in [1.29, 1.82) is 0 Å². The number of benzene rings is 1. The molecule has 0 bridgehead atoms. The Morgan fingerprint density at radius 3 is 2.94 bits per heavy atom. The van der Waals surface area contributed by atoms with E-state index in [4.69, 9.17) is 5.73 Å². The molecule has 1 aliphatic rings. The summed E-state index contributed by atoms with van der Waals surface area (Å²) in [5, 5.41) is 0. The number of aryl methyl sites for hydroxylation is 1. The van der Waals surface area contributed by atoms with Crippen LogP contribution in [-0.2, 0) is 0 Å². The van der Waals surface area contributed by atoms with E-state index >= 15 is 0 Å². The van der Waals surface area contributed by atoms with Crippen molar-refractivity contribution >= 4 is 16.7 Å². The molecular weight excluding hydrogens is 212 g/mol. The molecule has 2 N–H and O–H groups in total. The minimum absolute atomic E-state index is 0.550. The van der Waals surface area contributed by atoms with E-state index in [1.54, 1.807) is 0 Å². The lowest BCUT2D eigenvalue weighted by Crippen LogP contribution is -2.17. The predicted octanol–water partition coefficient (Wildman–Crippen LogP) is 1.80. The van der Waals surface area contributed by atoms with Crippen LogP contribution in [0.25, 0.3) is 11.0 Å². The van der Waals surface area contributed by atoms with Gasteiger partial charge in [0.15, 0.2) is 0 Å². The van der Waals surface area contributed by atoms with E-state index < -0.39 is 0 Å². The Morgan fingerprint density at radius 2 is 2.24 bits per heavy atom. The molecule has 0 amide bonds. The zero-order valence-electron chi connectivity index (χ0n) is 10.3. The summed E-state index contributed by atoms with van der Waals surface area (Å²) in [5.41, 5.74) is 8.80. The molecule has 2 heterocycles. The second-order valence-electron chi connectivity index (χ2n) is 4.98. The van der Waals surface area contributed by atoms with Gasteiger partial charge in [-0.15, -0.1) is 0 Å². The van der Waals surface area contributed by atoms with Crippen molar-refractivity contribution in [2.45, 2.75) is 19.4 Å². The second-order valence-corrected chi connectivity index (χ2v) is 4.98. The van der Waals surface area contributed by atoms with E-state index in [0.29, 0.717) is 6.04 Å². The van der Waals surface area contributed by atoms with Crippen molar-refractivity contribution in [2.24, 2.45) is 0 Å². The van der Waals surface area contributed by atoms with Crippen molar-refractivity contribution in [3.05, 3.63) is 24.0 Å². The molecule has 3 rings (SSSR count). The number of nitrogens with zero attached hydrogens (tertiary/aromatic N) is 3. The lowest BCUT2D eigenvalue weighted by atomic mass is 10.2. The number of nitrogens with two attached hydrogens (primary N) is 1. The lowest BCUT2D eigenvalue weighted by Gasteiger charge is -2.15. The van der Waals surface area contributed by atoms with Crippen LogP contribution < -0.4 is 5.73 Å². The molecule has 4 nitrogen and oxygen atoms in total. The zero-order chi connectivity index (χ0) is 12.0. The van der Waals surface area contributed by atoms with Crippen LogP contribution >= 0.6 is 0 Å². The summed E-state index contributed by atoms with van der Waals surface area (Å²) in [5.74, 6) is 1.09. The summed E-state index contributed by atoms with van der Waals surface area (Å²) in [7, 11) is 2.17. The first-order valence-electron chi connectivity index (χ1n) is 6.08. The number of likely N-dealkylation sites (tertiary alicyclic amines) is 1. The molecule has 1 aliphatic heterocycles. The van der Waals surface area contributed by atoms with Gasteiger partial charge in [0.2, 0.25) is 0 Å². The van der Waals surface area contributed by atoms with E-state index in [9.17, 15) is 0 Å². The van der Waals surface area contributed by atoms with Gasteiger partial charge in [0.1, 0.15) is 5.82 Å². The maximum Gasteiger partial charge on any atom is 0.107 e. The Morgan fingerprint density at radius 1 is 1.41 bits per heavy atom. The summed E-state index contributed by atoms with van der Waals surface area (Å²) in [6, 6.07) is 6.55. The maximum atomic E-state index is 5.80. The molecule has 4 heteroatoms. The number of aromatic nitrogens is 2. The molecule has 1 aromatic carbocycles. The number of likely N-dealkylation sites (N-methyl/N-ethyl adjacent to an activating group) is 1. The fourth-order valence-corrected chi connectivity index (χ4v) is 2.82. The second kappa shape index (κ2) is 3.74. The van der Waals surface area contributed by atoms with Gasteiger partial charge in [-0.2, -0.15) is 0 Å². The van der Waals surface area contributed by atoms with Crippen LogP contribution in [0.1, 0.15) is 18.3 Å². The number of hydrogen-bond acceptors (Lipinski definition) is 3. The monoisotopic (exact) mass is 230 g/mol. The number of imidazole rings is 1. The highest BCUT2D eigenvalue weighted by Crippen LogP contribution is 2.28. The first-order valence-corrected chi connectivity index (χ1v) is 6.08. The normalized spacial score (nSPS) is 21.4. The van der Waals surface area contributed by atoms with E-state index in [2.05, 4.69) is 34.5 Å². The van der Waals surface area contributed by atoms with Crippen LogP contribution in [-0.4, -0.2) is 34.6 Å². The van der Waals surface area contributed by atoms with Crippen molar-refractivity contribution in [3.63, 3.8) is 0 Å². The number of rotatable bonds is 1. The minimum atomic E-state index is 0.550. The first kappa shape index (κ1) is 10.6. The van der Waals surface area contributed by atoms with Gasteiger partial charge in [0, 0.05) is 18.3 Å². The molecule has 0 radical (unpaired) electrons. The van der Waals surface area contributed by atoms with Gasteiger partial charge in [-0.25, -0.2) is 4.98 Å². The Balaban J connectivity index is 2.12. The molecule has 17 heavy (non-hydrogen) atoms. The Bertz CT molecular complexity index is 558. The van der Waals surface area contributed by atoms with Gasteiger partial charge < -0.3 is 15.2 Å². The fraction of sp³-hybridized carbons (Fsp3) is 0.462. The van der Waals surface area contributed by atoms with Gasteiger partial charge in [0.05, 0.1) is 11.0 Å². The van der Waals surface area contributed by atoms with E-state index in [1.807, 2.05) is 12.1 Å². The quantitative estimate of drug-likeness (QED) is 0.760. The molecule has 0 spiro atoms. The lowest BCUT2D eigenvalue weighted by molar-refractivity contribution is 0.393. The third kappa shape index (κ3) is 1.69. The third-order valence-corrected chi connectivity index (χ3v) is 3.62. The first-order chi connectivity index (χ1) is 8.15. The van der Waals surface area contributed by atoms with Crippen molar-refractivity contribution in [3.8, 4) is 0 Å². The number of anilines is 1. The summed E-state index contributed by atoms with van der Waals surface area (Å²) >= 11 is 0. The van der Waals surface area contributed by atoms with Crippen molar-refractivity contribution < 1.29 is 0 Å². The molecule has 1 atom stereocenters. The molecule has 1 aromatic heterocycles. The number of fused-ring (bicyclic) bond motifs is 1. The molecular formula is C13H18N4. The smallest absolute Gasteiger partial charge is 0.107 e. The summed E-state index contributed by atoms with van der Waals surface area (Å²) in [6.45, 7) is 4.35. The Hall–Kier alpha value is -1.55. The van der Waals surface area contributed by atoms with Crippen LogP contribution in [0.2, 0.25) is 0 Å². The van der Waals surface area contributed by atoms with Crippen LogP contribution in [0.4, 0.5) is 5.69 Å². The third-order valence-electron chi connectivity index (χ3n) is 3.62. The van der Waals surface area contributed by atoms with Gasteiger partial charge in [-0.1, -0.05) is 0 Å². The van der Waals surface area contributed by atoms with E-state index in [-0.39, 0.29) is 0 Å². The molecule has 1 fully saturated rings. The van der Waals surface area contributed by atoms with Crippen LogP contribution in [0.5, 0.6) is 0 Å². The zero-order valence-corrected chi connectivity index (χ0v) is 10.3. The van der Waals surface area contributed by atoms with Gasteiger partial charge in [-0.05, 0) is 45.1 Å². The van der Waals surface area contributed by atoms with Gasteiger partial charge >= 0.3 is 0 Å². The van der Waals surface area contributed by atoms with Gasteiger partial charge in [0.25, 0.3) is 0 Å². The maximum absolute atomic E-state index is 5.80. The average molecular weight is 230 g/mol. The van der Waals surface area contributed by atoms with Gasteiger partial charge in [-0.3, -0.25) is 0 Å². The summed E-state index contributed by atoms with van der Waals surface area (Å²) < 4.78 is 2.36. The highest BCUT2D eigenvalue weighted by Gasteiger charge is 2.23. The summed E-state index contributed by atoms with van der Waals surface area (Å²) in [6.07, 6.45) is 1.20. The molecule has 0 saturated carbocycles. The topological polar surface area (TPSA) is 47.1 Å². The SMILES string of the molecule is Cc1nc2cc(N)ccc2n1C1CCN(C)C1. The molecule has 2 aromatic rings. The molecule has 90 valence electrons. The van der Waals surface area contributed by atoms with E-state index in [1.165, 1.54) is 18.5 Å². The van der Waals surface area contributed by atoms with Crippen LogP contribution in [0.15, 0.2) is 18.2 Å². The fourth-order valence-electron chi connectivity index (χ4n) is 2.82. The van der Waals surface area contributed by atoms with E-state index in [0.717, 1.165) is 23.6 Å². The minimum Gasteiger partial charge on any atom is -0.399 e. The molecule has 1 unspecified atom stereocenters. The highest BCUT2D eigenvalue weighted by molar-refractivity contribution is 5.79. The van der Waals surface area contributed by atoms with Crippen LogP contribution in [0, 0.1) is 6.92 Å². The van der Waals surface area contributed by atoms with Crippen molar-refractivity contribution in [1.82, 2.24) is 14.5 Å². The molecule has 0 aliphatic carbocycles. The number of nitrogen functional groups attached to an aromatic ring is 1.